The van der Waals surface area contributed by atoms with Crippen LogP contribution in [0.2, 0.25) is 0 Å². The van der Waals surface area contributed by atoms with Crippen molar-refractivity contribution in [1.82, 2.24) is 9.97 Å². The zero-order chi connectivity index (χ0) is 14.5. The lowest BCUT2D eigenvalue weighted by molar-refractivity contribution is 0.0700. The standard InChI is InChI=1S/C14H16N2O3S/c1-3-4-10-13(14(17)18)20-12(16-10)7-9-5-6-11(19-2)15-8-9/h5-6,8H,3-4,7H2,1-2H3,(H,17,18). The summed E-state index contributed by atoms with van der Waals surface area (Å²) in [7, 11) is 1.57. The lowest BCUT2D eigenvalue weighted by Gasteiger charge is -2.00. The summed E-state index contributed by atoms with van der Waals surface area (Å²) in [5, 5.41) is 9.99. The minimum absolute atomic E-state index is 0.350. The zero-order valence-electron chi connectivity index (χ0n) is 11.4. The quantitative estimate of drug-likeness (QED) is 0.886. The Labute approximate surface area is 121 Å². The SMILES string of the molecule is CCCc1nc(Cc2ccc(OC)nc2)sc1C(=O)O. The van der Waals surface area contributed by atoms with E-state index in [1.165, 1.54) is 11.3 Å². The van der Waals surface area contributed by atoms with Crippen LogP contribution >= 0.6 is 11.3 Å². The van der Waals surface area contributed by atoms with Gasteiger partial charge in [0.15, 0.2) is 0 Å². The Morgan fingerprint density at radius 3 is 2.80 bits per heavy atom. The van der Waals surface area contributed by atoms with Gasteiger partial charge in [0.05, 0.1) is 17.8 Å². The Morgan fingerprint density at radius 1 is 1.45 bits per heavy atom. The van der Waals surface area contributed by atoms with Crippen LogP contribution in [0.5, 0.6) is 5.88 Å². The zero-order valence-corrected chi connectivity index (χ0v) is 12.2. The van der Waals surface area contributed by atoms with E-state index in [9.17, 15) is 9.90 Å². The maximum Gasteiger partial charge on any atom is 0.347 e. The number of hydrogen-bond donors (Lipinski definition) is 1. The lowest BCUT2D eigenvalue weighted by atomic mass is 10.2. The first kappa shape index (κ1) is 14.5. The number of methoxy groups -OCH3 is 1. The largest absolute Gasteiger partial charge is 0.481 e. The molecule has 0 unspecified atom stereocenters. The fourth-order valence-corrected chi connectivity index (χ4v) is 2.84. The van der Waals surface area contributed by atoms with Crippen LogP contribution in [-0.2, 0) is 12.8 Å². The summed E-state index contributed by atoms with van der Waals surface area (Å²) in [5.41, 5.74) is 1.67. The Kier molecular flexibility index (Phi) is 4.68. The van der Waals surface area contributed by atoms with E-state index in [1.54, 1.807) is 19.4 Å². The number of rotatable bonds is 6. The van der Waals surface area contributed by atoms with Crippen LogP contribution in [0.1, 0.15) is 39.3 Å². The van der Waals surface area contributed by atoms with Gasteiger partial charge in [0.25, 0.3) is 0 Å². The summed E-state index contributed by atoms with van der Waals surface area (Å²) < 4.78 is 5.00. The smallest absolute Gasteiger partial charge is 0.347 e. The maximum absolute atomic E-state index is 11.2. The van der Waals surface area contributed by atoms with Crippen molar-refractivity contribution in [2.24, 2.45) is 0 Å². The number of carbonyl (C=O) groups is 1. The van der Waals surface area contributed by atoms with Crippen molar-refractivity contribution in [1.29, 1.82) is 0 Å². The van der Waals surface area contributed by atoms with Gasteiger partial charge in [-0.3, -0.25) is 0 Å². The molecule has 106 valence electrons. The van der Waals surface area contributed by atoms with Crippen LogP contribution in [0.4, 0.5) is 0 Å². The van der Waals surface area contributed by atoms with E-state index >= 15 is 0 Å². The number of pyridine rings is 1. The van der Waals surface area contributed by atoms with Crippen LogP contribution < -0.4 is 4.74 Å². The van der Waals surface area contributed by atoms with Gasteiger partial charge in [0.1, 0.15) is 4.88 Å². The molecule has 2 aromatic heterocycles. The van der Waals surface area contributed by atoms with Crippen LogP contribution in [0.25, 0.3) is 0 Å². The van der Waals surface area contributed by atoms with Gasteiger partial charge in [-0.2, -0.15) is 0 Å². The molecule has 0 atom stereocenters. The number of aromatic carboxylic acids is 1. The average Bonchev–Trinajstić information content (AvgIpc) is 2.83. The molecule has 5 nitrogen and oxygen atoms in total. The highest BCUT2D eigenvalue weighted by atomic mass is 32.1. The number of hydrogen-bond acceptors (Lipinski definition) is 5. The molecule has 0 bridgehead atoms. The van der Waals surface area contributed by atoms with E-state index in [1.807, 2.05) is 13.0 Å². The van der Waals surface area contributed by atoms with E-state index in [0.717, 1.165) is 17.0 Å². The van der Waals surface area contributed by atoms with E-state index < -0.39 is 5.97 Å². The van der Waals surface area contributed by atoms with E-state index in [4.69, 9.17) is 4.74 Å². The second kappa shape index (κ2) is 6.47. The number of aromatic nitrogens is 2. The molecule has 0 amide bonds. The highest BCUT2D eigenvalue weighted by Crippen LogP contribution is 2.22. The summed E-state index contributed by atoms with van der Waals surface area (Å²) in [4.78, 5) is 20.1. The van der Waals surface area contributed by atoms with Crippen molar-refractivity contribution in [3.8, 4) is 5.88 Å². The fraction of sp³-hybridized carbons (Fsp3) is 0.357. The first-order valence-electron chi connectivity index (χ1n) is 6.34. The van der Waals surface area contributed by atoms with Crippen LogP contribution in [0, 0.1) is 0 Å². The van der Waals surface area contributed by atoms with Gasteiger partial charge in [-0.25, -0.2) is 14.8 Å². The third-order valence-electron chi connectivity index (χ3n) is 2.78. The van der Waals surface area contributed by atoms with E-state index in [0.29, 0.717) is 29.3 Å². The highest BCUT2D eigenvalue weighted by molar-refractivity contribution is 7.13. The molecular formula is C14H16N2O3S. The minimum Gasteiger partial charge on any atom is -0.481 e. The minimum atomic E-state index is -0.898. The second-order valence-electron chi connectivity index (χ2n) is 4.32. The van der Waals surface area contributed by atoms with E-state index in [2.05, 4.69) is 9.97 Å². The number of thiazole rings is 1. The molecule has 0 radical (unpaired) electrons. The van der Waals surface area contributed by atoms with Crippen LogP contribution in [0.15, 0.2) is 18.3 Å². The lowest BCUT2D eigenvalue weighted by Crippen LogP contribution is -1.98. The number of carboxylic acids is 1. The molecule has 20 heavy (non-hydrogen) atoms. The van der Waals surface area contributed by atoms with Gasteiger partial charge in [-0.1, -0.05) is 19.4 Å². The molecule has 0 spiro atoms. The predicted octanol–water partition coefficient (Wildman–Crippen LogP) is 2.79. The Balaban J connectivity index is 2.19. The molecule has 0 aromatic carbocycles. The molecule has 0 saturated carbocycles. The van der Waals surface area contributed by atoms with Crippen molar-refractivity contribution in [3.63, 3.8) is 0 Å². The number of aryl methyl sites for hydroxylation is 1. The molecular weight excluding hydrogens is 276 g/mol. The molecule has 0 aliphatic carbocycles. The first-order chi connectivity index (χ1) is 9.63. The monoisotopic (exact) mass is 292 g/mol. The van der Waals surface area contributed by atoms with Gasteiger partial charge >= 0.3 is 5.97 Å². The summed E-state index contributed by atoms with van der Waals surface area (Å²) in [6, 6.07) is 3.70. The maximum atomic E-state index is 11.2. The van der Waals surface area contributed by atoms with Crippen molar-refractivity contribution in [2.45, 2.75) is 26.2 Å². The van der Waals surface area contributed by atoms with Crippen molar-refractivity contribution in [2.75, 3.05) is 7.11 Å². The molecule has 0 aliphatic rings. The Bertz CT molecular complexity index is 593. The molecule has 6 heteroatoms. The second-order valence-corrected chi connectivity index (χ2v) is 5.41. The number of carboxylic acid groups (broad SMARTS) is 1. The van der Waals surface area contributed by atoms with Crippen molar-refractivity contribution in [3.05, 3.63) is 39.5 Å². The molecule has 2 aromatic rings. The normalized spacial score (nSPS) is 10.5. The summed E-state index contributed by atoms with van der Waals surface area (Å²) in [6.45, 7) is 2.01. The molecule has 0 saturated heterocycles. The average molecular weight is 292 g/mol. The van der Waals surface area contributed by atoms with Crippen LogP contribution in [0.3, 0.4) is 0 Å². The van der Waals surface area contributed by atoms with Crippen LogP contribution in [-0.4, -0.2) is 28.2 Å². The summed E-state index contributed by atoms with van der Waals surface area (Å²) >= 11 is 1.24. The number of ether oxygens (including phenoxy) is 1. The fourth-order valence-electron chi connectivity index (χ4n) is 1.86. The van der Waals surface area contributed by atoms with Gasteiger partial charge in [0.2, 0.25) is 5.88 Å². The van der Waals surface area contributed by atoms with E-state index in [-0.39, 0.29) is 0 Å². The molecule has 1 N–H and O–H groups in total. The van der Waals surface area contributed by atoms with Crippen molar-refractivity contribution >= 4 is 17.3 Å². The topological polar surface area (TPSA) is 72.3 Å². The molecule has 0 fully saturated rings. The Morgan fingerprint density at radius 2 is 2.25 bits per heavy atom. The van der Waals surface area contributed by atoms with Gasteiger partial charge in [0, 0.05) is 18.7 Å². The summed E-state index contributed by atoms with van der Waals surface area (Å²) in [5.74, 6) is -0.337. The first-order valence-corrected chi connectivity index (χ1v) is 7.16. The predicted molar refractivity (Wildman–Crippen MR) is 76.7 cm³/mol. The third-order valence-corrected chi connectivity index (χ3v) is 3.87. The van der Waals surface area contributed by atoms with Gasteiger partial charge < -0.3 is 9.84 Å². The summed E-state index contributed by atoms with van der Waals surface area (Å²) in [6.07, 6.45) is 3.89. The molecule has 0 aliphatic heterocycles. The van der Waals surface area contributed by atoms with Gasteiger partial charge in [-0.05, 0) is 12.0 Å². The number of nitrogens with zero attached hydrogens (tertiary/aromatic N) is 2. The van der Waals surface area contributed by atoms with Crippen molar-refractivity contribution < 1.29 is 14.6 Å². The molecule has 2 rings (SSSR count). The molecule has 2 heterocycles. The van der Waals surface area contributed by atoms with Gasteiger partial charge in [-0.15, -0.1) is 11.3 Å². The third kappa shape index (κ3) is 3.33. The Hall–Kier alpha value is -1.95. The highest BCUT2D eigenvalue weighted by Gasteiger charge is 2.16.